The van der Waals surface area contributed by atoms with Crippen LogP contribution in [0.2, 0.25) is 10.0 Å². The number of carbonyl (C=O) groups excluding carboxylic acids is 2. The standard InChI is InChI=1S/C46H33Cl2N3O8/c1-23-4-12-31-35(16-23)58-36-17-26(51(2)3)9-13-32(36)41(31)43-42(46(56)57)34(47)20-33(44(43)48)45(55)50-22-39(54)49-21-24-5-7-25(8-6-24)40-29-14-10-27(52)18-37(29)59-38-19-28(53)11-15-30(38)40/h4-20,52H,1,21-22H2,2-3H3,(H,49,54)(H,50,55)(H,56,57). The van der Waals surface area contributed by atoms with E-state index < -0.39 is 24.3 Å². The number of fused-ring (bicyclic) bond motifs is 4. The second-order valence-corrected chi connectivity index (χ2v) is 14.9. The van der Waals surface area contributed by atoms with Gasteiger partial charge in [-0.05, 0) is 64.9 Å². The third-order valence-corrected chi connectivity index (χ3v) is 10.7. The number of anilines is 1. The normalized spacial score (nSPS) is 11.8. The Morgan fingerprint density at radius 2 is 1.58 bits per heavy atom. The van der Waals surface area contributed by atoms with E-state index in [1.807, 2.05) is 55.4 Å². The monoisotopic (exact) mass is 825 g/mol. The fraction of sp³-hybridized carbons (Fsp3) is 0.0870. The molecule has 2 heterocycles. The fourth-order valence-electron chi connectivity index (χ4n) is 7.18. The van der Waals surface area contributed by atoms with Crippen LogP contribution in [0.1, 0.15) is 37.4 Å². The summed E-state index contributed by atoms with van der Waals surface area (Å²) in [4.78, 5) is 53.5. The highest BCUT2D eigenvalue weighted by molar-refractivity contribution is 6.40. The Bertz CT molecular complexity index is 3050. The number of nitrogens with zero attached hydrogens (tertiary/aromatic N) is 1. The summed E-state index contributed by atoms with van der Waals surface area (Å²) in [6, 6.07) is 28.7. The zero-order valence-corrected chi connectivity index (χ0v) is 33.0. The summed E-state index contributed by atoms with van der Waals surface area (Å²) in [5.41, 5.74) is 4.67. The highest BCUT2D eigenvalue weighted by Gasteiger charge is 2.31. The second-order valence-electron chi connectivity index (χ2n) is 14.1. The molecule has 0 bridgehead atoms. The molecule has 2 amide bonds. The first-order valence-corrected chi connectivity index (χ1v) is 19.0. The van der Waals surface area contributed by atoms with E-state index in [-0.39, 0.29) is 44.5 Å². The molecular weight excluding hydrogens is 793 g/mol. The van der Waals surface area contributed by atoms with Crippen LogP contribution in [0.5, 0.6) is 17.2 Å². The van der Waals surface area contributed by atoms with Crippen LogP contribution in [0, 0.1) is 0 Å². The van der Waals surface area contributed by atoms with Crippen molar-refractivity contribution in [3.05, 3.63) is 162 Å². The van der Waals surface area contributed by atoms with Gasteiger partial charge in [0.2, 0.25) is 5.91 Å². The van der Waals surface area contributed by atoms with Crippen molar-refractivity contribution in [3.8, 4) is 39.7 Å². The first kappa shape index (κ1) is 38.8. The van der Waals surface area contributed by atoms with Crippen molar-refractivity contribution >= 4 is 69.8 Å². The molecule has 5 aromatic rings. The highest BCUT2D eigenvalue weighted by Crippen LogP contribution is 2.44. The lowest BCUT2D eigenvalue weighted by Gasteiger charge is -2.25. The average molecular weight is 827 g/mol. The minimum absolute atomic E-state index is 0.0177. The molecule has 0 spiro atoms. The van der Waals surface area contributed by atoms with Crippen molar-refractivity contribution in [3.63, 3.8) is 0 Å². The largest absolute Gasteiger partial charge is 0.508 e. The molecule has 294 valence electrons. The van der Waals surface area contributed by atoms with Crippen molar-refractivity contribution in [2.45, 2.75) is 6.54 Å². The second kappa shape index (κ2) is 15.4. The van der Waals surface area contributed by atoms with E-state index in [1.165, 1.54) is 24.3 Å². The molecule has 0 unspecified atom stereocenters. The number of amides is 2. The molecule has 3 aliphatic rings. The van der Waals surface area contributed by atoms with Gasteiger partial charge in [-0.15, -0.1) is 0 Å². The van der Waals surface area contributed by atoms with E-state index in [1.54, 1.807) is 42.5 Å². The molecule has 1 aliphatic carbocycles. The van der Waals surface area contributed by atoms with E-state index in [0.29, 0.717) is 44.4 Å². The molecule has 4 N–H and O–H groups in total. The van der Waals surface area contributed by atoms with Gasteiger partial charge in [0.05, 0.1) is 27.7 Å². The van der Waals surface area contributed by atoms with Crippen LogP contribution in [0.15, 0.2) is 112 Å². The van der Waals surface area contributed by atoms with E-state index >= 15 is 0 Å². The molecule has 0 aromatic heterocycles. The molecule has 0 radical (unpaired) electrons. The smallest absolute Gasteiger partial charge is 0.337 e. The van der Waals surface area contributed by atoms with Crippen molar-refractivity contribution in [2.24, 2.45) is 0 Å². The molecule has 5 aromatic carbocycles. The van der Waals surface area contributed by atoms with Crippen LogP contribution in [-0.2, 0) is 11.3 Å². The lowest BCUT2D eigenvalue weighted by molar-refractivity contribution is -0.120. The van der Waals surface area contributed by atoms with Crippen LogP contribution < -0.4 is 36.1 Å². The van der Waals surface area contributed by atoms with Crippen molar-refractivity contribution in [2.75, 3.05) is 25.5 Å². The summed E-state index contributed by atoms with van der Waals surface area (Å²) in [6.07, 6.45) is 0. The van der Waals surface area contributed by atoms with Gasteiger partial charge in [0.1, 0.15) is 28.6 Å². The lowest BCUT2D eigenvalue weighted by Crippen LogP contribution is -2.36. The average Bonchev–Trinajstić information content (AvgIpc) is 3.20. The zero-order chi connectivity index (χ0) is 41.7. The van der Waals surface area contributed by atoms with E-state index in [4.69, 9.17) is 32.4 Å². The van der Waals surface area contributed by atoms with E-state index in [2.05, 4.69) is 17.2 Å². The van der Waals surface area contributed by atoms with Crippen LogP contribution in [-0.4, -0.2) is 48.6 Å². The van der Waals surface area contributed by atoms with Gasteiger partial charge in [-0.1, -0.05) is 66.2 Å². The maximum absolute atomic E-state index is 13.7. The Morgan fingerprint density at radius 1 is 0.814 bits per heavy atom. The summed E-state index contributed by atoms with van der Waals surface area (Å²) >= 11 is 13.6. The number of aromatic hydroxyl groups is 1. The number of carboxylic acids is 1. The number of benzene rings is 6. The van der Waals surface area contributed by atoms with E-state index in [9.17, 15) is 29.4 Å². The Balaban J connectivity index is 1.04. The molecule has 8 rings (SSSR count). The quantitative estimate of drug-likeness (QED) is 0.111. The molecule has 0 saturated carbocycles. The minimum atomic E-state index is -1.36. The first-order chi connectivity index (χ1) is 28.3. The maximum Gasteiger partial charge on any atom is 0.337 e. The number of hydrogen-bond acceptors (Lipinski definition) is 8. The van der Waals surface area contributed by atoms with Gasteiger partial charge in [0.25, 0.3) is 5.91 Å². The summed E-state index contributed by atoms with van der Waals surface area (Å²) in [5.74, 6) is -1.34. The number of aromatic carboxylic acids is 1. The predicted octanol–water partition coefficient (Wildman–Crippen LogP) is 7.15. The highest BCUT2D eigenvalue weighted by atomic mass is 35.5. The summed E-state index contributed by atoms with van der Waals surface area (Å²) in [6.45, 7) is 3.72. The number of carbonyl (C=O) groups is 3. The first-order valence-electron chi connectivity index (χ1n) is 18.2. The number of hydrogen-bond donors (Lipinski definition) is 4. The van der Waals surface area contributed by atoms with Crippen LogP contribution >= 0.6 is 23.2 Å². The molecule has 0 atom stereocenters. The molecule has 0 saturated heterocycles. The molecule has 0 fully saturated rings. The predicted molar refractivity (Wildman–Crippen MR) is 227 cm³/mol. The number of phenolic OH excluding ortho intramolecular Hbond substituents is 1. The van der Waals surface area contributed by atoms with Crippen LogP contribution in [0.25, 0.3) is 45.6 Å². The van der Waals surface area contributed by atoms with Gasteiger partial charge in [0, 0.05) is 83.0 Å². The molecule has 2 aliphatic heterocycles. The minimum Gasteiger partial charge on any atom is -0.508 e. The maximum atomic E-state index is 13.7. The van der Waals surface area contributed by atoms with Crippen molar-refractivity contribution < 1.29 is 33.8 Å². The van der Waals surface area contributed by atoms with Gasteiger partial charge >= 0.3 is 5.97 Å². The Labute approximate surface area is 346 Å². The number of ether oxygens (including phenoxy) is 1. The number of carboxylic acid groups (broad SMARTS) is 1. The van der Waals surface area contributed by atoms with Gasteiger partial charge in [0.15, 0.2) is 5.43 Å². The number of nitrogens with one attached hydrogen (secondary N) is 2. The summed E-state index contributed by atoms with van der Waals surface area (Å²) < 4.78 is 12.2. The molecule has 11 nitrogen and oxygen atoms in total. The Hall–Kier alpha value is -7.08. The van der Waals surface area contributed by atoms with E-state index in [0.717, 1.165) is 33.3 Å². The molecule has 13 heteroatoms. The zero-order valence-electron chi connectivity index (χ0n) is 31.5. The fourth-order valence-corrected chi connectivity index (χ4v) is 7.80. The number of phenols is 1. The van der Waals surface area contributed by atoms with Crippen molar-refractivity contribution in [1.82, 2.24) is 10.6 Å². The van der Waals surface area contributed by atoms with Gasteiger partial charge < -0.3 is 34.9 Å². The number of halogens is 2. The van der Waals surface area contributed by atoms with Gasteiger partial charge in [-0.25, -0.2) is 4.79 Å². The molecule has 59 heavy (non-hydrogen) atoms. The molecular formula is C46H33Cl2N3O8. The Kier molecular flexibility index (Phi) is 10.1. The lowest BCUT2D eigenvalue weighted by atomic mass is 9.88. The van der Waals surface area contributed by atoms with Gasteiger partial charge in [-0.2, -0.15) is 0 Å². The Morgan fingerprint density at radius 3 is 2.32 bits per heavy atom. The SMILES string of the molecule is C=c1ccc2c(c1)Oc1cc(N(C)C)ccc1C=2c1c(Cl)c(C(=O)NCC(=O)NCc2ccc(-c3c4ccc(=O)cc-4oc4cc(O)ccc34)cc2)cc(Cl)c1C(=O)O. The third-order valence-electron chi connectivity index (χ3n) is 10.0. The third kappa shape index (κ3) is 7.33. The summed E-state index contributed by atoms with van der Waals surface area (Å²) in [5, 5.41) is 27.4. The van der Waals surface area contributed by atoms with Crippen LogP contribution in [0.4, 0.5) is 5.69 Å². The van der Waals surface area contributed by atoms with Crippen LogP contribution in [0.3, 0.4) is 0 Å². The number of rotatable bonds is 9. The van der Waals surface area contributed by atoms with Crippen molar-refractivity contribution in [1.29, 1.82) is 0 Å². The topological polar surface area (TPSA) is 158 Å². The summed E-state index contributed by atoms with van der Waals surface area (Å²) in [7, 11) is 3.76. The van der Waals surface area contributed by atoms with Gasteiger partial charge in [-0.3, -0.25) is 14.4 Å².